The van der Waals surface area contributed by atoms with Crippen molar-refractivity contribution in [2.24, 2.45) is 0 Å². The van der Waals surface area contributed by atoms with E-state index in [-0.39, 0.29) is 25.3 Å². The van der Waals surface area contributed by atoms with Gasteiger partial charge in [0.2, 0.25) is 0 Å². The van der Waals surface area contributed by atoms with E-state index in [9.17, 15) is 15.0 Å². The van der Waals surface area contributed by atoms with Crippen molar-refractivity contribution in [2.45, 2.75) is 18.9 Å². The van der Waals surface area contributed by atoms with Crippen LogP contribution >= 0.6 is 0 Å². The minimum absolute atomic E-state index is 0.0210. The van der Waals surface area contributed by atoms with Crippen LogP contribution in [-0.4, -0.2) is 53.3 Å². The van der Waals surface area contributed by atoms with E-state index in [1.54, 1.807) is 24.4 Å². The third-order valence-corrected chi connectivity index (χ3v) is 5.01. The number of amides is 2. The van der Waals surface area contributed by atoms with Crippen LogP contribution in [0.25, 0.3) is 11.1 Å². The first-order valence-electron chi connectivity index (χ1n) is 10.2. The van der Waals surface area contributed by atoms with Gasteiger partial charge in [0.05, 0.1) is 19.3 Å². The van der Waals surface area contributed by atoms with Crippen molar-refractivity contribution in [3.63, 3.8) is 0 Å². The summed E-state index contributed by atoms with van der Waals surface area (Å²) in [6.07, 6.45) is 4.35. The second kappa shape index (κ2) is 11.1. The van der Waals surface area contributed by atoms with Crippen LogP contribution in [0, 0.1) is 0 Å². The zero-order valence-corrected chi connectivity index (χ0v) is 17.5. The number of aliphatic hydroxyl groups excluding tert-OH is 2. The second-order valence-corrected chi connectivity index (χ2v) is 7.05. The maximum absolute atomic E-state index is 13.2. The Kier molecular flexibility index (Phi) is 8.03. The molecule has 8 nitrogen and oxygen atoms in total. The zero-order chi connectivity index (χ0) is 22.1. The third kappa shape index (κ3) is 5.84. The molecule has 0 saturated heterocycles. The van der Waals surface area contributed by atoms with Gasteiger partial charge in [-0.2, -0.15) is 5.10 Å². The van der Waals surface area contributed by atoms with E-state index < -0.39 is 0 Å². The fourth-order valence-electron chi connectivity index (χ4n) is 3.36. The Morgan fingerprint density at radius 2 is 1.97 bits per heavy atom. The van der Waals surface area contributed by atoms with Gasteiger partial charge in [0.15, 0.2) is 0 Å². The molecule has 1 aromatic heterocycles. The predicted molar refractivity (Wildman–Crippen MR) is 119 cm³/mol. The molecule has 31 heavy (non-hydrogen) atoms. The Morgan fingerprint density at radius 1 is 1.16 bits per heavy atom. The molecule has 0 spiro atoms. The first-order valence-corrected chi connectivity index (χ1v) is 10.2. The number of aromatic amines is 1. The summed E-state index contributed by atoms with van der Waals surface area (Å²) in [5.41, 5.74) is 3.50. The highest BCUT2D eigenvalue weighted by Gasteiger charge is 2.21. The van der Waals surface area contributed by atoms with Crippen LogP contribution < -0.4 is 15.0 Å². The standard InChI is InChI=1S/C23H28N4O4/c1-31-21-5-2-4-18(14-21)22(10-13-29)26-23(30)27(11-3-12-28)20-8-6-17(7-9-20)19-15-24-25-16-19/h2,4-9,14-16,22,28-29H,3,10-13H2,1H3,(H,24,25)(H,26,30). The molecule has 0 aliphatic carbocycles. The molecule has 1 unspecified atom stereocenters. The fraction of sp³-hybridized carbons (Fsp3) is 0.304. The lowest BCUT2D eigenvalue weighted by molar-refractivity contribution is 0.232. The molecule has 0 aliphatic rings. The first-order chi connectivity index (χ1) is 15.2. The van der Waals surface area contributed by atoms with Crippen molar-refractivity contribution >= 4 is 11.7 Å². The summed E-state index contributed by atoms with van der Waals surface area (Å²) < 4.78 is 5.28. The maximum atomic E-state index is 13.2. The average Bonchev–Trinajstić information content (AvgIpc) is 3.34. The number of anilines is 1. The Bertz CT molecular complexity index is 944. The highest BCUT2D eigenvalue weighted by Crippen LogP contribution is 2.25. The molecule has 0 bridgehead atoms. The molecule has 3 aromatic rings. The predicted octanol–water partition coefficient (Wildman–Crippen LogP) is 3.11. The highest BCUT2D eigenvalue weighted by atomic mass is 16.5. The first kappa shape index (κ1) is 22.3. The number of carbonyl (C=O) groups excluding carboxylic acids is 1. The van der Waals surface area contributed by atoms with Crippen molar-refractivity contribution in [1.82, 2.24) is 15.5 Å². The Balaban J connectivity index is 1.80. The third-order valence-electron chi connectivity index (χ3n) is 5.01. The number of carbonyl (C=O) groups is 1. The summed E-state index contributed by atoms with van der Waals surface area (Å²) in [7, 11) is 1.59. The number of H-pyrrole nitrogens is 1. The number of hydrogen-bond donors (Lipinski definition) is 4. The van der Waals surface area contributed by atoms with Gasteiger partial charge >= 0.3 is 6.03 Å². The highest BCUT2D eigenvalue weighted by molar-refractivity contribution is 5.92. The van der Waals surface area contributed by atoms with E-state index in [1.807, 2.05) is 48.5 Å². The molecule has 3 rings (SSSR count). The number of urea groups is 1. The van der Waals surface area contributed by atoms with Crippen molar-refractivity contribution in [2.75, 3.05) is 31.8 Å². The van der Waals surface area contributed by atoms with Crippen LogP contribution in [0.3, 0.4) is 0 Å². The van der Waals surface area contributed by atoms with E-state index in [2.05, 4.69) is 15.5 Å². The van der Waals surface area contributed by atoms with Crippen molar-refractivity contribution in [3.05, 3.63) is 66.5 Å². The maximum Gasteiger partial charge on any atom is 0.322 e. The lowest BCUT2D eigenvalue weighted by Crippen LogP contribution is -2.42. The number of rotatable bonds is 10. The Labute approximate surface area is 181 Å². The van der Waals surface area contributed by atoms with Gasteiger partial charge in [-0.25, -0.2) is 4.79 Å². The topological polar surface area (TPSA) is 111 Å². The summed E-state index contributed by atoms with van der Waals surface area (Å²) in [5.74, 6) is 0.682. The van der Waals surface area contributed by atoms with E-state index >= 15 is 0 Å². The lowest BCUT2D eigenvalue weighted by atomic mass is 10.0. The monoisotopic (exact) mass is 424 g/mol. The molecule has 0 radical (unpaired) electrons. The average molecular weight is 425 g/mol. The minimum atomic E-state index is -0.380. The molecule has 0 fully saturated rings. The molecule has 2 aromatic carbocycles. The Hall–Kier alpha value is -3.36. The number of nitrogens with one attached hydrogen (secondary N) is 2. The number of aliphatic hydroxyl groups is 2. The molecular formula is C23H28N4O4. The molecule has 4 N–H and O–H groups in total. The number of methoxy groups -OCH3 is 1. The van der Waals surface area contributed by atoms with Gasteiger partial charge in [0.25, 0.3) is 0 Å². The van der Waals surface area contributed by atoms with Gasteiger partial charge in [-0.3, -0.25) is 10.00 Å². The number of hydrogen-bond acceptors (Lipinski definition) is 5. The number of benzene rings is 2. The van der Waals surface area contributed by atoms with E-state index in [0.29, 0.717) is 30.8 Å². The molecule has 1 atom stereocenters. The molecule has 0 saturated carbocycles. The van der Waals surface area contributed by atoms with Gasteiger partial charge in [-0.15, -0.1) is 0 Å². The number of aromatic nitrogens is 2. The van der Waals surface area contributed by atoms with Crippen molar-refractivity contribution in [3.8, 4) is 16.9 Å². The van der Waals surface area contributed by atoms with E-state index in [4.69, 9.17) is 4.74 Å². The minimum Gasteiger partial charge on any atom is -0.497 e. The van der Waals surface area contributed by atoms with Gasteiger partial charge in [0, 0.05) is 37.2 Å². The zero-order valence-electron chi connectivity index (χ0n) is 17.5. The summed E-state index contributed by atoms with van der Waals surface area (Å²) >= 11 is 0. The van der Waals surface area contributed by atoms with Crippen LogP contribution in [0.4, 0.5) is 10.5 Å². The van der Waals surface area contributed by atoms with Gasteiger partial charge < -0.3 is 20.3 Å². The molecule has 0 aliphatic heterocycles. The van der Waals surface area contributed by atoms with Gasteiger partial charge in [-0.05, 0) is 48.2 Å². The van der Waals surface area contributed by atoms with Crippen molar-refractivity contribution in [1.29, 1.82) is 0 Å². The van der Waals surface area contributed by atoms with E-state index in [0.717, 1.165) is 16.7 Å². The normalized spacial score (nSPS) is 11.7. The SMILES string of the molecule is COc1cccc(C(CCO)NC(=O)N(CCCO)c2ccc(-c3cn[nH]c3)cc2)c1. The quantitative estimate of drug-likeness (QED) is 0.400. The molecule has 164 valence electrons. The second-order valence-electron chi connectivity index (χ2n) is 7.05. The summed E-state index contributed by atoms with van der Waals surface area (Å²) in [6, 6.07) is 14.3. The van der Waals surface area contributed by atoms with Crippen molar-refractivity contribution < 1.29 is 19.7 Å². The summed E-state index contributed by atoms with van der Waals surface area (Å²) in [4.78, 5) is 14.8. The van der Waals surface area contributed by atoms with Crippen LogP contribution in [0.2, 0.25) is 0 Å². The summed E-state index contributed by atoms with van der Waals surface area (Å²) in [6.45, 7) is 0.266. The molecule has 8 heteroatoms. The molecular weight excluding hydrogens is 396 g/mol. The Morgan fingerprint density at radius 3 is 2.61 bits per heavy atom. The fourth-order valence-corrected chi connectivity index (χ4v) is 3.36. The van der Waals surface area contributed by atoms with Gasteiger partial charge in [-0.1, -0.05) is 24.3 Å². The lowest BCUT2D eigenvalue weighted by Gasteiger charge is -2.27. The van der Waals surface area contributed by atoms with E-state index in [1.165, 1.54) is 0 Å². The largest absolute Gasteiger partial charge is 0.497 e. The van der Waals surface area contributed by atoms with Crippen LogP contribution in [-0.2, 0) is 0 Å². The van der Waals surface area contributed by atoms with Gasteiger partial charge in [0.1, 0.15) is 5.75 Å². The van der Waals surface area contributed by atoms with Crippen LogP contribution in [0.15, 0.2) is 60.9 Å². The molecule has 2 amide bonds. The molecule has 1 heterocycles. The van der Waals surface area contributed by atoms with Crippen LogP contribution in [0.5, 0.6) is 5.75 Å². The number of ether oxygens (including phenoxy) is 1. The smallest absolute Gasteiger partial charge is 0.322 e. The number of nitrogens with zero attached hydrogens (tertiary/aromatic N) is 2. The van der Waals surface area contributed by atoms with Crippen LogP contribution in [0.1, 0.15) is 24.4 Å². The summed E-state index contributed by atoms with van der Waals surface area (Å²) in [5, 5.41) is 28.6.